The minimum absolute atomic E-state index is 0.150. The van der Waals surface area contributed by atoms with E-state index in [-0.39, 0.29) is 23.3 Å². The molecular weight excluding hydrogens is 430 g/mol. The molecule has 1 N–H and O–H groups in total. The third kappa shape index (κ3) is 6.29. The Bertz CT molecular complexity index is 1010. The molecule has 1 saturated carbocycles. The number of anilines is 1. The topological polar surface area (TPSA) is 70.7 Å². The van der Waals surface area contributed by atoms with Gasteiger partial charge in [-0.1, -0.05) is 6.07 Å². The van der Waals surface area contributed by atoms with Gasteiger partial charge in [0.1, 0.15) is 11.6 Å². The lowest BCUT2D eigenvalue weighted by Crippen LogP contribution is -2.53. The molecule has 0 spiro atoms. The number of halogens is 2. The summed E-state index contributed by atoms with van der Waals surface area (Å²) in [6, 6.07) is 6.48. The van der Waals surface area contributed by atoms with Crippen molar-refractivity contribution in [2.45, 2.75) is 57.6 Å². The van der Waals surface area contributed by atoms with Crippen molar-refractivity contribution in [1.82, 2.24) is 14.9 Å². The fourth-order valence-corrected chi connectivity index (χ4v) is 4.62. The van der Waals surface area contributed by atoms with E-state index in [1.807, 2.05) is 0 Å². The summed E-state index contributed by atoms with van der Waals surface area (Å²) in [5, 5.41) is 0. The number of aromatic nitrogens is 2. The molecule has 1 aromatic carbocycles. The molecule has 1 aliphatic heterocycles. The molecule has 0 amide bonds. The first-order valence-corrected chi connectivity index (χ1v) is 11.4. The fraction of sp³-hybridized carbons (Fsp3) is 0.583. The summed E-state index contributed by atoms with van der Waals surface area (Å²) in [5.74, 6) is -1.30. The number of benzene rings is 1. The van der Waals surface area contributed by atoms with Crippen molar-refractivity contribution >= 4 is 5.95 Å². The van der Waals surface area contributed by atoms with Crippen LogP contribution < -0.4 is 15.2 Å². The highest BCUT2D eigenvalue weighted by atomic mass is 19.2. The Hall–Kier alpha value is -2.52. The minimum Gasteiger partial charge on any atom is -0.458 e. The number of H-pyrrole nitrogens is 1. The summed E-state index contributed by atoms with van der Waals surface area (Å²) in [5.41, 5.74) is 0.364. The zero-order valence-electron chi connectivity index (χ0n) is 19.4. The van der Waals surface area contributed by atoms with Crippen LogP contribution in [-0.2, 0) is 11.3 Å². The van der Waals surface area contributed by atoms with E-state index in [9.17, 15) is 13.6 Å². The number of ether oxygens (including phenoxy) is 2. The Morgan fingerprint density at radius 2 is 2.03 bits per heavy atom. The molecule has 7 nitrogen and oxygen atoms in total. The van der Waals surface area contributed by atoms with E-state index in [0.717, 1.165) is 25.8 Å². The van der Waals surface area contributed by atoms with Crippen LogP contribution in [0.4, 0.5) is 14.7 Å². The van der Waals surface area contributed by atoms with E-state index in [1.54, 1.807) is 19.2 Å². The number of piperidine rings is 1. The number of alkyl halides is 1. The van der Waals surface area contributed by atoms with Gasteiger partial charge in [0.2, 0.25) is 11.8 Å². The van der Waals surface area contributed by atoms with Crippen LogP contribution in [0.2, 0.25) is 0 Å². The molecule has 1 aliphatic carbocycles. The molecule has 0 radical (unpaired) electrons. The third-order valence-corrected chi connectivity index (χ3v) is 6.10. The molecule has 1 saturated heterocycles. The lowest BCUT2D eigenvalue weighted by Gasteiger charge is -2.43. The molecule has 1 aromatic heterocycles. The van der Waals surface area contributed by atoms with Gasteiger partial charge in [-0.2, -0.15) is 4.39 Å². The maximum atomic E-state index is 14.9. The van der Waals surface area contributed by atoms with Crippen molar-refractivity contribution in [1.29, 1.82) is 0 Å². The lowest BCUT2D eigenvalue weighted by molar-refractivity contribution is -0.0259. The van der Waals surface area contributed by atoms with E-state index in [0.29, 0.717) is 37.3 Å². The van der Waals surface area contributed by atoms with Gasteiger partial charge in [0.25, 0.3) is 5.56 Å². The number of nitrogens with one attached hydrogen (secondary N) is 1. The van der Waals surface area contributed by atoms with E-state index in [4.69, 9.17) is 9.47 Å². The van der Waals surface area contributed by atoms with Crippen LogP contribution in [0.25, 0.3) is 0 Å². The Labute approximate surface area is 192 Å². The predicted octanol–water partition coefficient (Wildman–Crippen LogP) is 3.50. The van der Waals surface area contributed by atoms with Crippen LogP contribution in [0.15, 0.2) is 35.3 Å². The van der Waals surface area contributed by atoms with Crippen LogP contribution in [0.3, 0.4) is 0 Å². The van der Waals surface area contributed by atoms with Gasteiger partial charge in [0.15, 0.2) is 0 Å². The average molecular weight is 463 g/mol. The third-order valence-electron chi connectivity index (χ3n) is 6.10. The first kappa shape index (κ1) is 23.6. The summed E-state index contributed by atoms with van der Waals surface area (Å²) in [7, 11) is 1.69. The second kappa shape index (κ2) is 9.77. The highest BCUT2D eigenvalue weighted by Crippen LogP contribution is 2.35. The van der Waals surface area contributed by atoms with Crippen LogP contribution in [-0.4, -0.2) is 59.6 Å². The highest BCUT2D eigenvalue weighted by Gasteiger charge is 2.39. The van der Waals surface area contributed by atoms with Gasteiger partial charge in [-0.15, -0.1) is 0 Å². The van der Waals surface area contributed by atoms with Crippen LogP contribution >= 0.6 is 0 Å². The summed E-state index contributed by atoms with van der Waals surface area (Å²) in [6.07, 6.45) is 4.58. The number of methoxy groups -OCH3 is 1. The molecule has 2 unspecified atom stereocenters. The first-order valence-electron chi connectivity index (χ1n) is 11.4. The van der Waals surface area contributed by atoms with Gasteiger partial charge >= 0.3 is 0 Å². The quantitative estimate of drug-likeness (QED) is 0.615. The van der Waals surface area contributed by atoms with E-state index >= 15 is 0 Å². The van der Waals surface area contributed by atoms with Gasteiger partial charge in [-0.3, -0.25) is 14.7 Å². The standard InChI is InChI=1S/C24H32F2N4O3/c1-24(2,26)33-20-7-4-17(21(25)11-20)13-30(18-5-6-18)19-10-16(15-32-3)12-29(14-19)23-27-9-8-22(31)28-23/h4,7-9,11,16,18-19H,5-6,10,12-15H2,1-3H3,(H,27,28,31). The molecule has 180 valence electrons. The Balaban J connectivity index is 1.54. The molecule has 2 aromatic rings. The number of rotatable bonds is 9. The van der Waals surface area contributed by atoms with E-state index < -0.39 is 11.7 Å². The summed E-state index contributed by atoms with van der Waals surface area (Å²) >= 11 is 0. The molecule has 2 atom stereocenters. The second-order valence-corrected chi connectivity index (χ2v) is 9.50. The Kier molecular flexibility index (Phi) is 6.99. The molecule has 4 rings (SSSR count). The van der Waals surface area contributed by atoms with E-state index in [2.05, 4.69) is 19.8 Å². The van der Waals surface area contributed by atoms with Crippen LogP contribution in [0.5, 0.6) is 5.75 Å². The number of hydrogen-bond donors (Lipinski definition) is 1. The lowest BCUT2D eigenvalue weighted by atomic mass is 9.93. The maximum Gasteiger partial charge on any atom is 0.252 e. The molecule has 2 aliphatic rings. The van der Waals surface area contributed by atoms with Crippen molar-refractivity contribution in [2.75, 3.05) is 31.7 Å². The summed E-state index contributed by atoms with van der Waals surface area (Å²) in [6.45, 7) is 5.04. The maximum absolute atomic E-state index is 14.9. The van der Waals surface area contributed by atoms with Crippen molar-refractivity contribution in [3.8, 4) is 5.75 Å². The van der Waals surface area contributed by atoms with Gasteiger partial charge in [-0.05, 0) is 25.3 Å². The molecule has 2 heterocycles. The van der Waals surface area contributed by atoms with Crippen molar-refractivity contribution in [3.63, 3.8) is 0 Å². The number of hydrogen-bond acceptors (Lipinski definition) is 6. The Morgan fingerprint density at radius 1 is 1.24 bits per heavy atom. The van der Waals surface area contributed by atoms with Crippen molar-refractivity contribution in [2.24, 2.45) is 5.92 Å². The monoisotopic (exact) mass is 462 g/mol. The summed E-state index contributed by atoms with van der Waals surface area (Å²) in [4.78, 5) is 23.5. The van der Waals surface area contributed by atoms with Gasteiger partial charge in [0, 0.05) is 82.5 Å². The SMILES string of the molecule is COCC1CC(N(Cc2ccc(OC(C)(C)F)cc2F)C2CC2)CN(c2nccc(=O)[nH]2)C1. The fourth-order valence-electron chi connectivity index (χ4n) is 4.62. The van der Waals surface area contributed by atoms with Crippen LogP contribution in [0, 0.1) is 11.7 Å². The second-order valence-electron chi connectivity index (χ2n) is 9.50. The normalized spacial score (nSPS) is 21.5. The Morgan fingerprint density at radius 3 is 2.67 bits per heavy atom. The zero-order chi connectivity index (χ0) is 23.6. The molecule has 0 bridgehead atoms. The smallest absolute Gasteiger partial charge is 0.252 e. The average Bonchev–Trinajstić information content (AvgIpc) is 3.57. The predicted molar refractivity (Wildman–Crippen MR) is 122 cm³/mol. The first-order chi connectivity index (χ1) is 15.7. The van der Waals surface area contributed by atoms with E-state index in [1.165, 1.54) is 32.2 Å². The van der Waals surface area contributed by atoms with Crippen molar-refractivity contribution < 1.29 is 18.3 Å². The number of aromatic amines is 1. The molecule has 33 heavy (non-hydrogen) atoms. The van der Waals surface area contributed by atoms with Gasteiger partial charge < -0.3 is 14.4 Å². The zero-order valence-corrected chi connectivity index (χ0v) is 19.4. The molecular formula is C24H32F2N4O3. The summed E-state index contributed by atoms with van der Waals surface area (Å²) < 4.78 is 39.3. The van der Waals surface area contributed by atoms with Crippen molar-refractivity contribution in [3.05, 3.63) is 52.2 Å². The highest BCUT2D eigenvalue weighted by molar-refractivity contribution is 5.32. The van der Waals surface area contributed by atoms with Gasteiger partial charge in [-0.25, -0.2) is 9.37 Å². The van der Waals surface area contributed by atoms with Crippen LogP contribution in [0.1, 0.15) is 38.7 Å². The molecule has 2 fully saturated rings. The van der Waals surface area contributed by atoms with Gasteiger partial charge in [0.05, 0.1) is 6.61 Å². The number of nitrogens with zero attached hydrogens (tertiary/aromatic N) is 3. The largest absolute Gasteiger partial charge is 0.458 e. The minimum atomic E-state index is -1.87. The molecule has 9 heteroatoms.